The lowest BCUT2D eigenvalue weighted by molar-refractivity contribution is 0.102. The number of hydrogen-bond acceptors (Lipinski definition) is 5. The van der Waals surface area contributed by atoms with E-state index in [0.29, 0.717) is 47.5 Å². The molecule has 5 rings (SSSR count). The van der Waals surface area contributed by atoms with Crippen LogP contribution in [0.3, 0.4) is 0 Å². The summed E-state index contributed by atoms with van der Waals surface area (Å²) in [5, 5.41) is 4.72. The molecule has 1 saturated heterocycles. The number of benzene rings is 3. The van der Waals surface area contributed by atoms with Crippen molar-refractivity contribution in [1.29, 1.82) is 0 Å². The van der Waals surface area contributed by atoms with Gasteiger partial charge in [0.25, 0.3) is 5.91 Å². The number of fused-ring (bicyclic) bond motifs is 3. The van der Waals surface area contributed by atoms with Gasteiger partial charge in [-0.15, -0.1) is 0 Å². The number of anilines is 1. The zero-order valence-corrected chi connectivity index (χ0v) is 20.8. The average molecular weight is 493 g/mol. The Labute approximate surface area is 204 Å². The summed E-state index contributed by atoms with van der Waals surface area (Å²) in [5.41, 5.74) is 2.20. The second-order valence-corrected chi connectivity index (χ2v) is 11.3. The van der Waals surface area contributed by atoms with Crippen LogP contribution in [0.2, 0.25) is 0 Å². The predicted octanol–water partition coefficient (Wildman–Crippen LogP) is 5.51. The molecule has 0 spiro atoms. The molecule has 1 N–H and O–H groups in total. The molecule has 1 aliphatic heterocycles. The van der Waals surface area contributed by atoms with Gasteiger partial charge >= 0.3 is 0 Å². The SMILES string of the molecule is COc1cc2c(cc1NC(=O)c1ccc(S(=O)(=O)N3CC(C)CC(C)C3)cc1)oc1ccccc12. The maximum atomic E-state index is 13.1. The third-order valence-corrected chi connectivity index (χ3v) is 8.38. The van der Waals surface area contributed by atoms with Gasteiger partial charge in [0.2, 0.25) is 10.0 Å². The number of nitrogens with zero attached hydrogens (tertiary/aromatic N) is 1. The Hall–Kier alpha value is -3.36. The molecule has 8 heteroatoms. The van der Waals surface area contributed by atoms with E-state index in [9.17, 15) is 13.2 Å². The summed E-state index contributed by atoms with van der Waals surface area (Å²) in [6, 6.07) is 17.3. The van der Waals surface area contributed by atoms with Crippen molar-refractivity contribution >= 4 is 43.6 Å². The number of amides is 1. The van der Waals surface area contributed by atoms with Gasteiger partial charge in [-0.2, -0.15) is 4.31 Å². The summed E-state index contributed by atoms with van der Waals surface area (Å²) in [4.78, 5) is 13.2. The van der Waals surface area contributed by atoms with Crippen LogP contribution < -0.4 is 10.1 Å². The third kappa shape index (κ3) is 4.39. The number of para-hydroxylation sites is 1. The molecule has 0 radical (unpaired) electrons. The first-order valence-electron chi connectivity index (χ1n) is 11.7. The number of methoxy groups -OCH3 is 1. The van der Waals surface area contributed by atoms with Crippen LogP contribution in [-0.4, -0.2) is 38.8 Å². The van der Waals surface area contributed by atoms with E-state index < -0.39 is 10.0 Å². The molecule has 1 aromatic heterocycles. The smallest absolute Gasteiger partial charge is 0.255 e. The van der Waals surface area contributed by atoms with Crippen LogP contribution >= 0.6 is 0 Å². The number of ether oxygens (including phenoxy) is 1. The maximum absolute atomic E-state index is 13.1. The Morgan fingerprint density at radius 1 is 0.971 bits per heavy atom. The fourth-order valence-electron chi connectivity index (χ4n) is 4.94. The second-order valence-electron chi connectivity index (χ2n) is 9.39. The number of piperidine rings is 1. The summed E-state index contributed by atoms with van der Waals surface area (Å²) >= 11 is 0. The minimum absolute atomic E-state index is 0.191. The lowest BCUT2D eigenvalue weighted by Gasteiger charge is -2.34. The highest BCUT2D eigenvalue weighted by molar-refractivity contribution is 7.89. The van der Waals surface area contributed by atoms with E-state index in [1.165, 1.54) is 24.3 Å². The molecule has 1 amide bonds. The van der Waals surface area contributed by atoms with Crippen LogP contribution in [0.25, 0.3) is 21.9 Å². The molecule has 3 aromatic carbocycles. The molecular weight excluding hydrogens is 464 g/mol. The molecule has 2 heterocycles. The fraction of sp³-hybridized carbons (Fsp3) is 0.296. The summed E-state index contributed by atoms with van der Waals surface area (Å²) in [7, 11) is -2.07. The average Bonchev–Trinajstić information content (AvgIpc) is 3.20. The molecule has 2 unspecified atom stereocenters. The van der Waals surface area contributed by atoms with Crippen molar-refractivity contribution in [2.45, 2.75) is 25.2 Å². The van der Waals surface area contributed by atoms with Crippen molar-refractivity contribution in [1.82, 2.24) is 4.31 Å². The second kappa shape index (κ2) is 9.02. The molecule has 182 valence electrons. The lowest BCUT2D eigenvalue weighted by Crippen LogP contribution is -2.42. The van der Waals surface area contributed by atoms with Crippen LogP contribution in [0.5, 0.6) is 5.75 Å². The van der Waals surface area contributed by atoms with E-state index in [1.807, 2.05) is 30.3 Å². The molecule has 0 saturated carbocycles. The summed E-state index contributed by atoms with van der Waals surface area (Å²) in [6.07, 6.45) is 1.02. The number of rotatable bonds is 5. The van der Waals surface area contributed by atoms with E-state index in [4.69, 9.17) is 9.15 Å². The van der Waals surface area contributed by atoms with Crippen molar-refractivity contribution < 1.29 is 22.4 Å². The Balaban J connectivity index is 1.39. The molecule has 1 aliphatic rings. The normalized spacial score (nSPS) is 19.2. The predicted molar refractivity (Wildman–Crippen MR) is 136 cm³/mol. The Morgan fingerprint density at radius 3 is 2.34 bits per heavy atom. The van der Waals surface area contributed by atoms with Gasteiger partial charge < -0.3 is 14.5 Å². The van der Waals surface area contributed by atoms with Crippen molar-refractivity contribution in [3.63, 3.8) is 0 Å². The number of sulfonamides is 1. The minimum Gasteiger partial charge on any atom is -0.495 e. The Kier molecular flexibility index (Phi) is 6.02. The van der Waals surface area contributed by atoms with Crippen LogP contribution in [0.4, 0.5) is 5.69 Å². The monoisotopic (exact) mass is 492 g/mol. The van der Waals surface area contributed by atoms with Gasteiger partial charge in [-0.25, -0.2) is 8.42 Å². The molecule has 2 atom stereocenters. The first kappa shape index (κ1) is 23.4. The van der Waals surface area contributed by atoms with E-state index in [2.05, 4.69) is 19.2 Å². The van der Waals surface area contributed by atoms with Gasteiger partial charge in [0.1, 0.15) is 16.9 Å². The van der Waals surface area contributed by atoms with Crippen LogP contribution in [0.1, 0.15) is 30.6 Å². The zero-order chi connectivity index (χ0) is 24.7. The van der Waals surface area contributed by atoms with Gasteiger partial charge in [-0.1, -0.05) is 32.0 Å². The van der Waals surface area contributed by atoms with Crippen LogP contribution in [0, 0.1) is 11.8 Å². The fourth-order valence-corrected chi connectivity index (χ4v) is 6.62. The Bertz CT molecular complexity index is 1500. The molecule has 0 aliphatic carbocycles. The van der Waals surface area contributed by atoms with Crippen molar-refractivity contribution in [3.05, 3.63) is 66.2 Å². The van der Waals surface area contributed by atoms with Crippen LogP contribution in [-0.2, 0) is 10.0 Å². The van der Waals surface area contributed by atoms with Gasteiger partial charge in [0.05, 0.1) is 17.7 Å². The quantitative estimate of drug-likeness (QED) is 0.397. The molecule has 4 aromatic rings. The molecule has 35 heavy (non-hydrogen) atoms. The van der Waals surface area contributed by atoms with E-state index >= 15 is 0 Å². The topological polar surface area (TPSA) is 88.8 Å². The van der Waals surface area contributed by atoms with Crippen molar-refractivity contribution in [2.75, 3.05) is 25.5 Å². The van der Waals surface area contributed by atoms with Gasteiger partial charge in [-0.05, 0) is 54.7 Å². The number of furan rings is 1. The molecule has 0 bridgehead atoms. The van der Waals surface area contributed by atoms with E-state index in [1.54, 1.807) is 17.5 Å². The lowest BCUT2D eigenvalue weighted by atomic mass is 9.94. The number of hydrogen-bond donors (Lipinski definition) is 1. The van der Waals surface area contributed by atoms with Gasteiger partial charge in [-0.3, -0.25) is 4.79 Å². The minimum atomic E-state index is -3.61. The van der Waals surface area contributed by atoms with Gasteiger partial charge in [0, 0.05) is 35.5 Å². The number of carbonyl (C=O) groups is 1. The largest absolute Gasteiger partial charge is 0.495 e. The third-order valence-electron chi connectivity index (χ3n) is 6.54. The molecular formula is C27H28N2O5S. The highest BCUT2D eigenvalue weighted by Gasteiger charge is 2.31. The summed E-state index contributed by atoms with van der Waals surface area (Å²) < 4.78 is 39.3. The highest BCUT2D eigenvalue weighted by Crippen LogP contribution is 2.36. The maximum Gasteiger partial charge on any atom is 0.255 e. The van der Waals surface area contributed by atoms with Crippen molar-refractivity contribution in [3.8, 4) is 5.75 Å². The number of nitrogens with one attached hydrogen (secondary N) is 1. The van der Waals surface area contributed by atoms with E-state index in [0.717, 1.165) is 22.8 Å². The van der Waals surface area contributed by atoms with Gasteiger partial charge in [0.15, 0.2) is 0 Å². The Morgan fingerprint density at radius 2 is 1.66 bits per heavy atom. The molecule has 7 nitrogen and oxygen atoms in total. The number of carbonyl (C=O) groups excluding carboxylic acids is 1. The highest BCUT2D eigenvalue weighted by atomic mass is 32.2. The summed E-state index contributed by atoms with van der Waals surface area (Å²) in [6.45, 7) is 5.17. The van der Waals surface area contributed by atoms with Crippen LogP contribution in [0.15, 0.2) is 70.0 Å². The first-order valence-corrected chi connectivity index (χ1v) is 13.1. The molecule has 1 fully saturated rings. The van der Waals surface area contributed by atoms with E-state index in [-0.39, 0.29) is 10.8 Å². The van der Waals surface area contributed by atoms with Crippen molar-refractivity contribution in [2.24, 2.45) is 11.8 Å². The zero-order valence-electron chi connectivity index (χ0n) is 19.9. The first-order chi connectivity index (χ1) is 16.8. The summed E-state index contributed by atoms with van der Waals surface area (Å²) in [5.74, 6) is 0.767. The standard InChI is InChI=1S/C27H28N2O5S/c1-17-12-18(2)16-29(15-17)35(31,32)20-10-8-19(9-11-20)27(30)28-23-14-25-22(13-26(23)33-3)21-6-4-5-7-24(21)34-25/h4-11,13-14,17-18H,12,15-16H2,1-3H3,(H,28,30).